The van der Waals surface area contributed by atoms with Crippen LogP contribution < -0.4 is 15.0 Å². The van der Waals surface area contributed by atoms with E-state index in [-0.39, 0.29) is 11.7 Å². The molecule has 1 aromatic heterocycles. The molecular weight excluding hydrogens is 324 g/mol. The van der Waals surface area contributed by atoms with E-state index < -0.39 is 0 Å². The number of thioether (sulfide) groups is 1. The Bertz CT molecular complexity index is 704. The highest BCUT2D eigenvalue weighted by atomic mass is 32.2. The molecule has 0 saturated carbocycles. The van der Waals surface area contributed by atoms with E-state index in [4.69, 9.17) is 4.74 Å². The highest BCUT2D eigenvalue weighted by Crippen LogP contribution is 2.25. The van der Waals surface area contributed by atoms with Crippen LogP contribution in [-0.2, 0) is 4.79 Å². The molecule has 1 aliphatic rings. The Morgan fingerprint density at radius 2 is 2.08 bits per heavy atom. The molecule has 1 amide bonds. The van der Waals surface area contributed by atoms with Crippen LogP contribution in [0.5, 0.6) is 5.75 Å². The molecule has 0 radical (unpaired) electrons. The van der Waals surface area contributed by atoms with Gasteiger partial charge >= 0.3 is 0 Å². The fourth-order valence-electron chi connectivity index (χ4n) is 2.60. The average Bonchev–Trinajstić information content (AvgIpc) is 3.15. The van der Waals surface area contributed by atoms with E-state index in [1.807, 2.05) is 30.3 Å². The summed E-state index contributed by atoms with van der Waals surface area (Å²) in [6, 6.07) is 9.31. The summed E-state index contributed by atoms with van der Waals surface area (Å²) in [5.41, 5.74) is 0.672. The number of para-hydroxylation sites is 2. The minimum Gasteiger partial charge on any atom is -0.495 e. The number of hydrogen-bond acceptors (Lipinski definition) is 6. The van der Waals surface area contributed by atoms with Crippen LogP contribution in [0.25, 0.3) is 0 Å². The average molecular weight is 344 g/mol. The Hall–Kier alpha value is -2.28. The van der Waals surface area contributed by atoms with Crippen LogP contribution >= 0.6 is 11.8 Å². The maximum Gasteiger partial charge on any atom is 0.234 e. The number of nitrogens with zero attached hydrogens (tertiary/aromatic N) is 3. The zero-order valence-electron chi connectivity index (χ0n) is 13.6. The lowest BCUT2D eigenvalue weighted by Gasteiger charge is -2.16. The first-order valence-corrected chi connectivity index (χ1v) is 8.87. The van der Waals surface area contributed by atoms with Gasteiger partial charge < -0.3 is 15.0 Å². The number of anilines is 2. The van der Waals surface area contributed by atoms with Gasteiger partial charge in [-0.05, 0) is 25.0 Å². The first kappa shape index (κ1) is 16.6. The summed E-state index contributed by atoms with van der Waals surface area (Å²) in [5, 5.41) is 3.67. The smallest absolute Gasteiger partial charge is 0.234 e. The summed E-state index contributed by atoms with van der Waals surface area (Å²) in [5.74, 6) is 1.78. The molecule has 24 heavy (non-hydrogen) atoms. The van der Waals surface area contributed by atoms with Gasteiger partial charge in [-0.25, -0.2) is 9.97 Å². The van der Waals surface area contributed by atoms with E-state index in [2.05, 4.69) is 20.2 Å². The summed E-state index contributed by atoms with van der Waals surface area (Å²) in [7, 11) is 1.58. The van der Waals surface area contributed by atoms with Crippen LogP contribution in [0.3, 0.4) is 0 Å². The van der Waals surface area contributed by atoms with Gasteiger partial charge in [-0.3, -0.25) is 4.79 Å². The molecule has 3 rings (SSSR count). The van der Waals surface area contributed by atoms with Gasteiger partial charge in [-0.1, -0.05) is 23.9 Å². The third-order valence-electron chi connectivity index (χ3n) is 3.79. The third kappa shape index (κ3) is 4.17. The Kier molecular flexibility index (Phi) is 5.53. The molecule has 0 spiro atoms. The van der Waals surface area contributed by atoms with Crippen LogP contribution in [0.2, 0.25) is 0 Å². The Morgan fingerprint density at radius 1 is 1.29 bits per heavy atom. The number of benzene rings is 1. The normalized spacial score (nSPS) is 13.8. The van der Waals surface area contributed by atoms with Crippen molar-refractivity contribution in [1.29, 1.82) is 0 Å². The molecule has 1 N–H and O–H groups in total. The van der Waals surface area contributed by atoms with E-state index in [1.165, 1.54) is 24.6 Å². The van der Waals surface area contributed by atoms with Gasteiger partial charge in [-0.15, -0.1) is 0 Å². The summed E-state index contributed by atoms with van der Waals surface area (Å²) in [6.45, 7) is 2.07. The molecular formula is C17H20N4O2S. The van der Waals surface area contributed by atoms with Crippen LogP contribution in [0, 0.1) is 0 Å². The molecule has 6 nitrogen and oxygen atoms in total. The summed E-state index contributed by atoms with van der Waals surface area (Å²) >= 11 is 1.40. The van der Waals surface area contributed by atoms with Gasteiger partial charge in [0, 0.05) is 19.2 Å². The second-order valence-electron chi connectivity index (χ2n) is 5.45. The second-order valence-corrected chi connectivity index (χ2v) is 6.44. The SMILES string of the molecule is COc1ccccc1NC(=O)CSc1cc(N2CCCC2)ncn1. The van der Waals surface area contributed by atoms with Crippen molar-refractivity contribution in [1.82, 2.24) is 9.97 Å². The van der Waals surface area contributed by atoms with E-state index >= 15 is 0 Å². The molecule has 7 heteroatoms. The molecule has 126 valence electrons. The maximum atomic E-state index is 12.2. The highest BCUT2D eigenvalue weighted by molar-refractivity contribution is 7.99. The summed E-state index contributed by atoms with van der Waals surface area (Å²) in [4.78, 5) is 23.0. The zero-order valence-corrected chi connectivity index (χ0v) is 14.4. The number of carbonyl (C=O) groups is 1. The number of nitrogens with one attached hydrogen (secondary N) is 1. The number of amides is 1. The lowest BCUT2D eigenvalue weighted by molar-refractivity contribution is -0.113. The van der Waals surface area contributed by atoms with Crippen molar-refractivity contribution in [3.8, 4) is 5.75 Å². The van der Waals surface area contributed by atoms with Gasteiger partial charge in [0.1, 0.15) is 22.9 Å². The monoisotopic (exact) mass is 344 g/mol. The minimum absolute atomic E-state index is 0.0918. The van der Waals surface area contributed by atoms with E-state index in [0.29, 0.717) is 11.4 Å². The van der Waals surface area contributed by atoms with Crippen LogP contribution in [0.15, 0.2) is 41.7 Å². The molecule has 1 fully saturated rings. The van der Waals surface area contributed by atoms with Crippen molar-refractivity contribution in [2.75, 3.05) is 36.2 Å². The molecule has 0 atom stereocenters. The molecule has 0 bridgehead atoms. The summed E-state index contributed by atoms with van der Waals surface area (Å²) in [6.07, 6.45) is 3.97. The summed E-state index contributed by atoms with van der Waals surface area (Å²) < 4.78 is 5.23. The van der Waals surface area contributed by atoms with Gasteiger partial charge in [-0.2, -0.15) is 0 Å². The first-order valence-electron chi connectivity index (χ1n) is 7.89. The van der Waals surface area contributed by atoms with Crippen LogP contribution in [-0.4, -0.2) is 41.8 Å². The molecule has 2 heterocycles. The predicted octanol–water partition coefficient (Wildman–Crippen LogP) is 2.82. The number of ether oxygens (including phenoxy) is 1. The maximum absolute atomic E-state index is 12.2. The Labute approximate surface area is 145 Å². The van der Waals surface area contributed by atoms with E-state index in [0.717, 1.165) is 23.9 Å². The quantitative estimate of drug-likeness (QED) is 0.642. The van der Waals surface area contributed by atoms with Gasteiger partial charge in [0.25, 0.3) is 0 Å². The van der Waals surface area contributed by atoms with Crippen molar-refractivity contribution in [3.05, 3.63) is 36.7 Å². The largest absolute Gasteiger partial charge is 0.495 e. The molecule has 1 aromatic carbocycles. The van der Waals surface area contributed by atoms with Gasteiger partial charge in [0.05, 0.1) is 18.6 Å². The highest BCUT2D eigenvalue weighted by Gasteiger charge is 2.14. The topological polar surface area (TPSA) is 67.3 Å². The fraction of sp³-hybridized carbons (Fsp3) is 0.353. The van der Waals surface area contributed by atoms with Crippen molar-refractivity contribution in [2.45, 2.75) is 17.9 Å². The standard InChI is InChI=1S/C17H20N4O2S/c1-23-14-7-3-2-6-13(14)20-16(22)11-24-17-10-15(18-12-19-17)21-8-4-5-9-21/h2-3,6-7,10,12H,4-5,8-9,11H2,1H3,(H,20,22). The van der Waals surface area contributed by atoms with E-state index in [1.54, 1.807) is 13.4 Å². The molecule has 1 saturated heterocycles. The van der Waals surface area contributed by atoms with Crippen molar-refractivity contribution in [2.24, 2.45) is 0 Å². The lowest BCUT2D eigenvalue weighted by Crippen LogP contribution is -2.19. The van der Waals surface area contributed by atoms with Crippen LogP contribution in [0.4, 0.5) is 11.5 Å². The van der Waals surface area contributed by atoms with E-state index in [9.17, 15) is 4.79 Å². The minimum atomic E-state index is -0.0918. The van der Waals surface area contributed by atoms with Crippen molar-refractivity contribution >= 4 is 29.2 Å². The van der Waals surface area contributed by atoms with Crippen molar-refractivity contribution < 1.29 is 9.53 Å². The molecule has 0 unspecified atom stereocenters. The predicted molar refractivity (Wildman–Crippen MR) is 95.8 cm³/mol. The second kappa shape index (κ2) is 8.01. The number of rotatable bonds is 6. The first-order chi connectivity index (χ1) is 11.8. The third-order valence-corrected chi connectivity index (χ3v) is 4.72. The number of aromatic nitrogens is 2. The zero-order chi connectivity index (χ0) is 16.8. The molecule has 1 aliphatic heterocycles. The number of carbonyl (C=O) groups excluding carboxylic acids is 1. The fourth-order valence-corrected chi connectivity index (χ4v) is 3.26. The van der Waals surface area contributed by atoms with Crippen LogP contribution in [0.1, 0.15) is 12.8 Å². The van der Waals surface area contributed by atoms with Gasteiger partial charge in [0.15, 0.2) is 0 Å². The molecule has 2 aromatic rings. The lowest BCUT2D eigenvalue weighted by atomic mass is 10.3. The Morgan fingerprint density at radius 3 is 2.88 bits per heavy atom. The van der Waals surface area contributed by atoms with Crippen molar-refractivity contribution in [3.63, 3.8) is 0 Å². The number of methoxy groups -OCH3 is 1. The van der Waals surface area contributed by atoms with Gasteiger partial charge in [0.2, 0.25) is 5.91 Å². The molecule has 0 aliphatic carbocycles. The Balaban J connectivity index is 1.57. The number of hydrogen-bond donors (Lipinski definition) is 1.